The SMILES string of the molecule is O=C(NCc1ccc(F)cc1)c1cc2scc(Br)c2n1CCOc1ccccc1. The molecule has 0 fully saturated rings. The molecule has 0 saturated heterocycles. The van der Waals surface area contributed by atoms with Crippen molar-refractivity contribution in [1.82, 2.24) is 9.88 Å². The molecule has 7 heteroatoms. The van der Waals surface area contributed by atoms with E-state index in [0.717, 1.165) is 26.0 Å². The zero-order chi connectivity index (χ0) is 20.2. The van der Waals surface area contributed by atoms with Gasteiger partial charge >= 0.3 is 0 Å². The van der Waals surface area contributed by atoms with Gasteiger partial charge < -0.3 is 14.6 Å². The van der Waals surface area contributed by atoms with Gasteiger partial charge in [-0.1, -0.05) is 30.3 Å². The molecule has 0 aliphatic carbocycles. The summed E-state index contributed by atoms with van der Waals surface area (Å²) >= 11 is 5.16. The number of ether oxygens (including phenoxy) is 1. The number of hydrogen-bond acceptors (Lipinski definition) is 3. The van der Waals surface area contributed by atoms with Crippen molar-refractivity contribution in [3.8, 4) is 5.75 Å². The van der Waals surface area contributed by atoms with Crippen LogP contribution >= 0.6 is 27.3 Å². The number of aromatic nitrogens is 1. The molecule has 1 N–H and O–H groups in total. The van der Waals surface area contributed by atoms with E-state index in [1.54, 1.807) is 23.5 Å². The highest BCUT2D eigenvalue weighted by molar-refractivity contribution is 9.10. The van der Waals surface area contributed by atoms with Gasteiger partial charge in [-0.15, -0.1) is 11.3 Å². The van der Waals surface area contributed by atoms with Gasteiger partial charge in [0, 0.05) is 11.9 Å². The highest BCUT2D eigenvalue weighted by Gasteiger charge is 2.18. The number of fused-ring (bicyclic) bond motifs is 1. The summed E-state index contributed by atoms with van der Waals surface area (Å²) in [6, 6.07) is 17.6. The number of nitrogens with zero attached hydrogens (tertiary/aromatic N) is 1. The lowest BCUT2D eigenvalue weighted by Crippen LogP contribution is -2.26. The minimum atomic E-state index is -0.294. The lowest BCUT2D eigenvalue weighted by atomic mass is 10.2. The summed E-state index contributed by atoms with van der Waals surface area (Å²) < 4.78 is 22.8. The molecular formula is C22H18BrFN2O2S. The number of halogens is 2. The number of rotatable bonds is 7. The number of nitrogens with one attached hydrogen (secondary N) is 1. The number of thiophene rings is 1. The zero-order valence-electron chi connectivity index (χ0n) is 15.4. The van der Waals surface area contributed by atoms with Crippen LogP contribution in [0.5, 0.6) is 5.75 Å². The van der Waals surface area contributed by atoms with E-state index in [1.807, 2.05) is 46.3 Å². The normalized spacial score (nSPS) is 11.0. The third kappa shape index (κ3) is 4.52. The molecule has 0 atom stereocenters. The van der Waals surface area contributed by atoms with Crippen LogP contribution in [0.2, 0.25) is 0 Å². The summed E-state index contributed by atoms with van der Waals surface area (Å²) in [5.41, 5.74) is 2.40. The molecular weight excluding hydrogens is 455 g/mol. The van der Waals surface area contributed by atoms with Crippen molar-refractivity contribution < 1.29 is 13.9 Å². The number of carbonyl (C=O) groups excluding carboxylic acids is 1. The van der Waals surface area contributed by atoms with Crippen molar-refractivity contribution in [3.63, 3.8) is 0 Å². The van der Waals surface area contributed by atoms with E-state index in [9.17, 15) is 9.18 Å². The van der Waals surface area contributed by atoms with Crippen molar-refractivity contribution in [2.75, 3.05) is 6.61 Å². The van der Waals surface area contributed by atoms with Gasteiger partial charge in [-0.25, -0.2) is 4.39 Å². The Labute approximate surface area is 180 Å². The Kier molecular flexibility index (Phi) is 5.97. The maximum absolute atomic E-state index is 13.1. The number of benzene rings is 2. The quantitative estimate of drug-likeness (QED) is 0.379. The van der Waals surface area contributed by atoms with Crippen molar-refractivity contribution in [1.29, 1.82) is 0 Å². The summed E-state index contributed by atoms with van der Waals surface area (Å²) in [7, 11) is 0. The molecule has 2 aromatic heterocycles. The number of hydrogen-bond donors (Lipinski definition) is 1. The molecule has 4 rings (SSSR count). The topological polar surface area (TPSA) is 43.3 Å². The Bertz CT molecular complexity index is 1120. The van der Waals surface area contributed by atoms with Gasteiger partial charge in [-0.3, -0.25) is 4.79 Å². The van der Waals surface area contributed by atoms with Gasteiger partial charge in [0.2, 0.25) is 0 Å². The Morgan fingerprint density at radius 2 is 1.90 bits per heavy atom. The monoisotopic (exact) mass is 472 g/mol. The first-order valence-corrected chi connectivity index (χ1v) is 10.8. The summed E-state index contributed by atoms with van der Waals surface area (Å²) in [6.07, 6.45) is 0. The van der Waals surface area contributed by atoms with Crippen LogP contribution in [0.15, 0.2) is 70.5 Å². The van der Waals surface area contributed by atoms with Crippen LogP contribution < -0.4 is 10.1 Å². The lowest BCUT2D eigenvalue weighted by molar-refractivity contribution is 0.0941. The Hall–Kier alpha value is -2.64. The number of amides is 1. The Morgan fingerprint density at radius 3 is 2.66 bits per heavy atom. The summed E-state index contributed by atoms with van der Waals surface area (Å²) in [6.45, 7) is 1.31. The van der Waals surface area contributed by atoms with E-state index in [4.69, 9.17) is 4.74 Å². The molecule has 4 nitrogen and oxygen atoms in total. The van der Waals surface area contributed by atoms with Crippen LogP contribution in [0.25, 0.3) is 10.2 Å². The fourth-order valence-corrected chi connectivity index (χ4v) is 4.79. The third-order valence-corrected chi connectivity index (χ3v) is 6.33. The molecule has 0 radical (unpaired) electrons. The van der Waals surface area contributed by atoms with Crippen LogP contribution in [0.4, 0.5) is 4.39 Å². The molecule has 29 heavy (non-hydrogen) atoms. The van der Waals surface area contributed by atoms with Crippen LogP contribution in [-0.2, 0) is 13.1 Å². The zero-order valence-corrected chi connectivity index (χ0v) is 17.8. The maximum Gasteiger partial charge on any atom is 0.268 e. The molecule has 1 amide bonds. The predicted molar refractivity (Wildman–Crippen MR) is 117 cm³/mol. The van der Waals surface area contributed by atoms with E-state index >= 15 is 0 Å². The molecule has 0 aliphatic rings. The standard InChI is InChI=1S/C22H18BrFN2O2S/c23-18-14-29-20-12-19(22(27)25-13-15-6-8-16(24)9-7-15)26(21(18)20)10-11-28-17-4-2-1-3-5-17/h1-9,12,14H,10-11,13H2,(H,25,27). The molecule has 148 valence electrons. The van der Waals surface area contributed by atoms with Crippen LogP contribution in [0.3, 0.4) is 0 Å². The highest BCUT2D eigenvalue weighted by Crippen LogP contribution is 2.33. The predicted octanol–water partition coefficient (Wildman–Crippen LogP) is 5.61. The van der Waals surface area contributed by atoms with Crippen molar-refractivity contribution >= 4 is 43.4 Å². The van der Waals surface area contributed by atoms with Gasteiger partial charge in [0.1, 0.15) is 23.9 Å². The average Bonchev–Trinajstić information content (AvgIpc) is 3.28. The van der Waals surface area contributed by atoms with Crippen LogP contribution in [-0.4, -0.2) is 17.1 Å². The first-order chi connectivity index (χ1) is 14.1. The third-order valence-electron chi connectivity index (χ3n) is 4.50. The van der Waals surface area contributed by atoms with E-state index < -0.39 is 0 Å². The molecule has 0 aliphatic heterocycles. The molecule has 2 heterocycles. The highest BCUT2D eigenvalue weighted by atomic mass is 79.9. The molecule has 4 aromatic rings. The van der Waals surface area contributed by atoms with Gasteiger partial charge in [-0.05, 0) is 51.8 Å². The van der Waals surface area contributed by atoms with Crippen molar-refractivity contribution in [2.24, 2.45) is 0 Å². The Balaban J connectivity index is 1.51. The maximum atomic E-state index is 13.1. The van der Waals surface area contributed by atoms with Gasteiger partial charge in [-0.2, -0.15) is 0 Å². The van der Waals surface area contributed by atoms with Gasteiger partial charge in [0.25, 0.3) is 5.91 Å². The molecule has 0 bridgehead atoms. The lowest BCUT2D eigenvalue weighted by Gasteiger charge is -2.12. The first-order valence-electron chi connectivity index (χ1n) is 9.08. The van der Waals surface area contributed by atoms with Crippen molar-refractivity contribution in [2.45, 2.75) is 13.1 Å². The first kappa shape index (κ1) is 19.7. The summed E-state index contributed by atoms with van der Waals surface area (Å²) in [5.74, 6) is 0.324. The van der Waals surface area contributed by atoms with Gasteiger partial charge in [0.15, 0.2) is 0 Å². The number of para-hydroxylation sites is 1. The van der Waals surface area contributed by atoms with E-state index in [2.05, 4.69) is 21.2 Å². The molecule has 0 saturated carbocycles. The molecule has 2 aromatic carbocycles. The van der Waals surface area contributed by atoms with Crippen LogP contribution in [0.1, 0.15) is 16.1 Å². The fourth-order valence-electron chi connectivity index (χ4n) is 3.10. The van der Waals surface area contributed by atoms with E-state index in [0.29, 0.717) is 25.4 Å². The van der Waals surface area contributed by atoms with Crippen molar-refractivity contribution in [3.05, 3.63) is 87.6 Å². The van der Waals surface area contributed by atoms with E-state index in [-0.39, 0.29) is 11.7 Å². The molecule has 0 unspecified atom stereocenters. The minimum absolute atomic E-state index is 0.177. The summed E-state index contributed by atoms with van der Waals surface area (Å²) in [4.78, 5) is 12.9. The van der Waals surface area contributed by atoms with Gasteiger partial charge in [0.05, 0.1) is 21.2 Å². The average molecular weight is 473 g/mol. The number of carbonyl (C=O) groups is 1. The largest absolute Gasteiger partial charge is 0.492 e. The fraction of sp³-hybridized carbons (Fsp3) is 0.136. The smallest absolute Gasteiger partial charge is 0.268 e. The minimum Gasteiger partial charge on any atom is -0.492 e. The van der Waals surface area contributed by atoms with E-state index in [1.165, 1.54) is 12.1 Å². The summed E-state index contributed by atoms with van der Waals surface area (Å²) in [5, 5.41) is 4.93. The molecule has 0 spiro atoms. The second-order valence-electron chi connectivity index (χ2n) is 6.45. The second-order valence-corrected chi connectivity index (χ2v) is 8.21. The Morgan fingerprint density at radius 1 is 1.14 bits per heavy atom. The second kappa shape index (κ2) is 8.80. The van der Waals surface area contributed by atoms with Crippen LogP contribution in [0, 0.1) is 5.82 Å².